The zero-order valence-corrected chi connectivity index (χ0v) is 10.8. The highest BCUT2D eigenvalue weighted by Gasteiger charge is 2.58. The molecule has 0 fully saturated rings. The first kappa shape index (κ1) is 16.7. The van der Waals surface area contributed by atoms with Crippen LogP contribution in [-0.2, 0) is 0 Å². The quantitative estimate of drug-likeness (QED) is 0.801. The fourth-order valence-electron chi connectivity index (χ4n) is 1.48. The fraction of sp³-hybridized carbons (Fsp3) is 0.538. The molecule has 1 aromatic carbocycles. The van der Waals surface area contributed by atoms with E-state index in [4.69, 9.17) is 4.74 Å². The highest BCUT2D eigenvalue weighted by molar-refractivity contribution is 5.28. The summed E-state index contributed by atoms with van der Waals surface area (Å²) >= 11 is 0. The van der Waals surface area contributed by atoms with E-state index in [0.29, 0.717) is 12.4 Å². The SMILES string of the molecule is CCCOc1ccc(C(O)CC(F)(F)C(F)(F)F)cc1. The average Bonchev–Trinajstić information content (AvgIpc) is 2.35. The number of benzene rings is 1. The monoisotopic (exact) mass is 298 g/mol. The molecule has 0 aliphatic carbocycles. The molecule has 1 N–H and O–H groups in total. The standard InChI is InChI=1S/C13H15F5O2/c1-2-7-20-10-5-3-9(4-6-10)11(19)8-12(14,15)13(16,17)18/h3-6,11,19H,2,7-8H2,1H3. The van der Waals surface area contributed by atoms with Crippen LogP contribution in [0.1, 0.15) is 31.4 Å². The molecule has 1 rings (SSSR count). The Morgan fingerprint density at radius 3 is 2.10 bits per heavy atom. The zero-order valence-electron chi connectivity index (χ0n) is 10.8. The predicted molar refractivity (Wildman–Crippen MR) is 62.8 cm³/mol. The van der Waals surface area contributed by atoms with Crippen LogP contribution in [0.15, 0.2) is 24.3 Å². The van der Waals surface area contributed by atoms with Crippen LogP contribution in [0.3, 0.4) is 0 Å². The number of halogens is 5. The smallest absolute Gasteiger partial charge is 0.453 e. The second kappa shape index (κ2) is 6.39. The first-order valence-electron chi connectivity index (χ1n) is 6.02. The second-order valence-corrected chi connectivity index (χ2v) is 4.34. The number of aliphatic hydroxyl groups is 1. The molecule has 20 heavy (non-hydrogen) atoms. The summed E-state index contributed by atoms with van der Waals surface area (Å²) in [7, 11) is 0. The van der Waals surface area contributed by atoms with Crippen LogP contribution in [0.4, 0.5) is 22.0 Å². The van der Waals surface area contributed by atoms with Gasteiger partial charge in [-0.3, -0.25) is 0 Å². The number of ether oxygens (including phenoxy) is 1. The number of rotatable bonds is 6. The topological polar surface area (TPSA) is 29.5 Å². The van der Waals surface area contributed by atoms with Crippen molar-refractivity contribution in [3.63, 3.8) is 0 Å². The number of alkyl halides is 5. The van der Waals surface area contributed by atoms with E-state index in [0.717, 1.165) is 6.42 Å². The van der Waals surface area contributed by atoms with Gasteiger partial charge in [-0.1, -0.05) is 19.1 Å². The molecule has 0 saturated carbocycles. The third-order valence-corrected chi connectivity index (χ3v) is 2.60. The molecular weight excluding hydrogens is 283 g/mol. The van der Waals surface area contributed by atoms with Gasteiger partial charge in [0.15, 0.2) is 0 Å². The Kier molecular flexibility index (Phi) is 5.33. The average molecular weight is 298 g/mol. The molecule has 0 aromatic heterocycles. The van der Waals surface area contributed by atoms with E-state index in [2.05, 4.69) is 0 Å². The predicted octanol–water partition coefficient (Wildman–Crippen LogP) is 4.10. The van der Waals surface area contributed by atoms with Crippen LogP contribution in [-0.4, -0.2) is 23.8 Å². The lowest BCUT2D eigenvalue weighted by atomic mass is 10.0. The summed E-state index contributed by atoms with van der Waals surface area (Å²) in [4.78, 5) is 0. The van der Waals surface area contributed by atoms with Crippen LogP contribution < -0.4 is 4.74 Å². The molecule has 0 radical (unpaired) electrons. The molecule has 0 aliphatic rings. The molecule has 0 heterocycles. The van der Waals surface area contributed by atoms with Crippen molar-refractivity contribution in [2.45, 2.75) is 38.0 Å². The third-order valence-electron chi connectivity index (χ3n) is 2.60. The van der Waals surface area contributed by atoms with E-state index < -0.39 is 24.6 Å². The molecule has 7 heteroatoms. The van der Waals surface area contributed by atoms with Gasteiger partial charge in [-0.25, -0.2) is 0 Å². The Labute approximate surface area is 113 Å². The van der Waals surface area contributed by atoms with Gasteiger partial charge in [-0.2, -0.15) is 22.0 Å². The molecule has 2 nitrogen and oxygen atoms in total. The minimum Gasteiger partial charge on any atom is -0.494 e. The van der Waals surface area contributed by atoms with Gasteiger partial charge in [-0.15, -0.1) is 0 Å². The van der Waals surface area contributed by atoms with Crippen LogP contribution in [0, 0.1) is 0 Å². The van der Waals surface area contributed by atoms with Gasteiger partial charge in [0.1, 0.15) is 5.75 Å². The highest BCUT2D eigenvalue weighted by Crippen LogP contribution is 2.41. The van der Waals surface area contributed by atoms with Gasteiger partial charge < -0.3 is 9.84 Å². The van der Waals surface area contributed by atoms with E-state index in [1.54, 1.807) is 0 Å². The number of aliphatic hydroxyl groups excluding tert-OH is 1. The minimum absolute atomic E-state index is 0.0160. The Bertz CT molecular complexity index is 414. The first-order chi connectivity index (χ1) is 9.17. The van der Waals surface area contributed by atoms with Crippen molar-refractivity contribution in [2.24, 2.45) is 0 Å². The van der Waals surface area contributed by atoms with Crippen LogP contribution in [0.25, 0.3) is 0 Å². The maximum Gasteiger partial charge on any atom is 0.453 e. The lowest BCUT2D eigenvalue weighted by Gasteiger charge is -2.22. The van der Waals surface area contributed by atoms with Gasteiger partial charge in [0.25, 0.3) is 0 Å². The summed E-state index contributed by atoms with van der Waals surface area (Å²) in [5.41, 5.74) is -0.0160. The maximum absolute atomic E-state index is 12.8. The summed E-state index contributed by atoms with van der Waals surface area (Å²) in [5.74, 6) is -4.46. The molecule has 1 atom stereocenters. The van der Waals surface area contributed by atoms with Gasteiger partial charge in [0.05, 0.1) is 19.1 Å². The number of hydrogen-bond acceptors (Lipinski definition) is 2. The van der Waals surface area contributed by atoms with Crippen LogP contribution >= 0.6 is 0 Å². The second-order valence-electron chi connectivity index (χ2n) is 4.34. The molecule has 0 spiro atoms. The fourth-order valence-corrected chi connectivity index (χ4v) is 1.48. The van der Waals surface area contributed by atoms with Crippen molar-refractivity contribution >= 4 is 0 Å². The molecule has 0 saturated heterocycles. The lowest BCUT2D eigenvalue weighted by molar-refractivity contribution is -0.290. The molecule has 1 aromatic rings. The van der Waals surface area contributed by atoms with Gasteiger partial charge in [-0.05, 0) is 24.1 Å². The molecule has 0 amide bonds. The Morgan fingerprint density at radius 2 is 1.65 bits per heavy atom. The summed E-state index contributed by atoms with van der Waals surface area (Å²) in [5, 5.41) is 9.47. The molecule has 114 valence electrons. The van der Waals surface area contributed by atoms with Gasteiger partial charge >= 0.3 is 12.1 Å². The van der Waals surface area contributed by atoms with Crippen LogP contribution in [0.2, 0.25) is 0 Å². The van der Waals surface area contributed by atoms with Crippen molar-refractivity contribution in [2.75, 3.05) is 6.61 Å². The Balaban J connectivity index is 2.71. The maximum atomic E-state index is 12.8. The van der Waals surface area contributed by atoms with Gasteiger partial charge in [0.2, 0.25) is 0 Å². The van der Waals surface area contributed by atoms with E-state index in [1.165, 1.54) is 24.3 Å². The normalized spacial score (nSPS) is 14.2. The van der Waals surface area contributed by atoms with E-state index in [1.807, 2.05) is 6.92 Å². The van der Waals surface area contributed by atoms with E-state index in [9.17, 15) is 27.1 Å². The molecule has 0 aliphatic heterocycles. The van der Waals surface area contributed by atoms with Crippen LogP contribution in [0.5, 0.6) is 5.75 Å². The van der Waals surface area contributed by atoms with Crippen molar-refractivity contribution in [1.82, 2.24) is 0 Å². The van der Waals surface area contributed by atoms with E-state index in [-0.39, 0.29) is 5.56 Å². The van der Waals surface area contributed by atoms with Crippen molar-refractivity contribution < 1.29 is 31.8 Å². The zero-order chi connectivity index (χ0) is 15.4. The molecule has 1 unspecified atom stereocenters. The lowest BCUT2D eigenvalue weighted by Crippen LogP contribution is -2.37. The summed E-state index contributed by atoms with van der Waals surface area (Å²) in [6.45, 7) is 2.37. The Morgan fingerprint density at radius 1 is 1.10 bits per heavy atom. The summed E-state index contributed by atoms with van der Waals surface area (Å²) < 4.78 is 66.9. The summed E-state index contributed by atoms with van der Waals surface area (Å²) in [6, 6.07) is 5.37. The highest BCUT2D eigenvalue weighted by atomic mass is 19.4. The van der Waals surface area contributed by atoms with Gasteiger partial charge in [0, 0.05) is 0 Å². The van der Waals surface area contributed by atoms with Crippen molar-refractivity contribution in [3.8, 4) is 5.75 Å². The first-order valence-corrected chi connectivity index (χ1v) is 6.02. The van der Waals surface area contributed by atoms with E-state index >= 15 is 0 Å². The Hall–Kier alpha value is -1.37. The van der Waals surface area contributed by atoms with Crippen molar-refractivity contribution in [1.29, 1.82) is 0 Å². The molecular formula is C13H15F5O2. The summed E-state index contributed by atoms with van der Waals surface area (Å²) in [6.07, 6.45) is -8.49. The van der Waals surface area contributed by atoms with Crippen molar-refractivity contribution in [3.05, 3.63) is 29.8 Å². The molecule has 0 bridgehead atoms. The number of hydrogen-bond donors (Lipinski definition) is 1. The third kappa shape index (κ3) is 4.33. The minimum atomic E-state index is -5.67. The largest absolute Gasteiger partial charge is 0.494 e.